The number of aliphatic hydroxyl groups excluding tert-OH is 1. The predicted octanol–water partition coefficient (Wildman–Crippen LogP) is 1.75. The van der Waals surface area contributed by atoms with Gasteiger partial charge in [-0.15, -0.1) is 0 Å². The molecule has 0 aromatic carbocycles. The lowest BCUT2D eigenvalue weighted by molar-refractivity contribution is -0.00903. The first-order chi connectivity index (χ1) is 6.95. The van der Waals surface area contributed by atoms with E-state index in [1.807, 2.05) is 13.8 Å². The molecule has 3 nitrogen and oxygen atoms in total. The van der Waals surface area contributed by atoms with Crippen molar-refractivity contribution in [1.82, 2.24) is 4.90 Å². The van der Waals surface area contributed by atoms with Gasteiger partial charge < -0.3 is 14.7 Å². The van der Waals surface area contributed by atoms with Crippen LogP contribution in [0.5, 0.6) is 0 Å². The molecule has 1 N–H and O–H groups in total. The van der Waals surface area contributed by atoms with Crippen molar-refractivity contribution in [2.45, 2.75) is 46.8 Å². The second-order valence-corrected chi connectivity index (χ2v) is 4.78. The number of ether oxygens (including phenoxy) is 1. The third-order valence-corrected chi connectivity index (χ3v) is 2.16. The molecule has 0 aliphatic heterocycles. The quantitative estimate of drug-likeness (QED) is 0.672. The molecular weight excluding hydrogens is 190 g/mol. The number of likely N-dealkylation sites (N-methyl/N-ethyl adjacent to an activating group) is 1. The van der Waals surface area contributed by atoms with Crippen LogP contribution in [-0.2, 0) is 4.74 Å². The van der Waals surface area contributed by atoms with Crippen LogP contribution in [0.1, 0.15) is 34.6 Å². The van der Waals surface area contributed by atoms with Crippen molar-refractivity contribution < 1.29 is 9.84 Å². The second-order valence-electron chi connectivity index (χ2n) is 4.78. The summed E-state index contributed by atoms with van der Waals surface area (Å²) < 4.78 is 5.38. The lowest BCUT2D eigenvalue weighted by atomic mass is 10.2. The van der Waals surface area contributed by atoms with Crippen LogP contribution in [0.2, 0.25) is 0 Å². The largest absolute Gasteiger partial charge is 0.389 e. The Labute approximate surface area is 94.4 Å². The summed E-state index contributed by atoms with van der Waals surface area (Å²) in [5, 5.41) is 9.75. The zero-order valence-electron chi connectivity index (χ0n) is 10.9. The maximum Gasteiger partial charge on any atom is 0.0900 e. The van der Waals surface area contributed by atoms with Crippen molar-refractivity contribution in [3.63, 3.8) is 0 Å². The van der Waals surface area contributed by atoms with E-state index < -0.39 is 0 Å². The molecule has 15 heavy (non-hydrogen) atoms. The maximum absolute atomic E-state index is 9.75. The highest BCUT2D eigenvalue weighted by Crippen LogP contribution is 2.01. The summed E-state index contributed by atoms with van der Waals surface area (Å²) in [5.41, 5.74) is 0. The van der Waals surface area contributed by atoms with Crippen LogP contribution in [0.15, 0.2) is 0 Å². The fourth-order valence-corrected chi connectivity index (χ4v) is 1.50. The topological polar surface area (TPSA) is 32.7 Å². The monoisotopic (exact) mass is 217 g/mol. The van der Waals surface area contributed by atoms with Gasteiger partial charge in [-0.1, -0.05) is 20.8 Å². The maximum atomic E-state index is 9.75. The standard InChI is InChI=1S/C12H27NO2/c1-6-13(7-10(2)3)8-12(14)9-15-11(4)5/h10-12,14H,6-9H2,1-5H3. The molecule has 0 aromatic rings. The third kappa shape index (κ3) is 8.85. The second kappa shape index (κ2) is 8.08. The van der Waals surface area contributed by atoms with Crippen molar-refractivity contribution in [1.29, 1.82) is 0 Å². The number of hydrogen-bond donors (Lipinski definition) is 1. The van der Waals surface area contributed by atoms with Gasteiger partial charge in [0.05, 0.1) is 18.8 Å². The van der Waals surface area contributed by atoms with Crippen LogP contribution in [0, 0.1) is 5.92 Å². The average molecular weight is 217 g/mol. The summed E-state index contributed by atoms with van der Waals surface area (Å²) in [6, 6.07) is 0. The Morgan fingerprint density at radius 1 is 1.13 bits per heavy atom. The first kappa shape index (κ1) is 14.9. The molecule has 0 amide bonds. The van der Waals surface area contributed by atoms with Crippen molar-refractivity contribution in [3.8, 4) is 0 Å². The Hall–Kier alpha value is -0.120. The molecule has 0 aliphatic carbocycles. The van der Waals surface area contributed by atoms with Crippen LogP contribution >= 0.6 is 0 Å². The minimum Gasteiger partial charge on any atom is -0.389 e. The van der Waals surface area contributed by atoms with Gasteiger partial charge in [0.1, 0.15) is 0 Å². The number of aliphatic hydroxyl groups is 1. The Balaban J connectivity index is 3.74. The van der Waals surface area contributed by atoms with Crippen LogP contribution in [0.4, 0.5) is 0 Å². The fourth-order valence-electron chi connectivity index (χ4n) is 1.50. The van der Waals surface area contributed by atoms with E-state index in [-0.39, 0.29) is 12.2 Å². The molecule has 0 rings (SSSR count). The predicted molar refractivity (Wildman–Crippen MR) is 64.0 cm³/mol. The molecule has 1 atom stereocenters. The lowest BCUT2D eigenvalue weighted by Crippen LogP contribution is -2.37. The van der Waals surface area contributed by atoms with Crippen LogP contribution in [0.25, 0.3) is 0 Å². The molecule has 0 aliphatic rings. The fraction of sp³-hybridized carbons (Fsp3) is 1.00. The van der Waals surface area contributed by atoms with Gasteiger partial charge in [-0.2, -0.15) is 0 Å². The molecule has 0 fully saturated rings. The Kier molecular flexibility index (Phi) is 8.02. The molecule has 1 unspecified atom stereocenters. The van der Waals surface area contributed by atoms with E-state index in [4.69, 9.17) is 4.74 Å². The molecular formula is C12H27NO2. The zero-order chi connectivity index (χ0) is 11.8. The SMILES string of the molecule is CCN(CC(C)C)CC(O)COC(C)C. The molecule has 0 saturated carbocycles. The van der Waals surface area contributed by atoms with Crippen molar-refractivity contribution in [2.75, 3.05) is 26.2 Å². The number of hydrogen-bond acceptors (Lipinski definition) is 3. The molecule has 0 aromatic heterocycles. The van der Waals surface area contributed by atoms with E-state index in [1.165, 1.54) is 0 Å². The van der Waals surface area contributed by atoms with E-state index in [0.29, 0.717) is 19.1 Å². The van der Waals surface area contributed by atoms with Crippen molar-refractivity contribution in [2.24, 2.45) is 5.92 Å². The van der Waals surface area contributed by atoms with Gasteiger partial charge in [-0.05, 0) is 26.3 Å². The van der Waals surface area contributed by atoms with Gasteiger partial charge in [-0.3, -0.25) is 0 Å². The summed E-state index contributed by atoms with van der Waals surface area (Å²) >= 11 is 0. The van der Waals surface area contributed by atoms with E-state index in [0.717, 1.165) is 13.1 Å². The van der Waals surface area contributed by atoms with Crippen LogP contribution in [-0.4, -0.2) is 48.5 Å². The highest BCUT2D eigenvalue weighted by molar-refractivity contribution is 4.64. The Morgan fingerprint density at radius 3 is 2.13 bits per heavy atom. The van der Waals surface area contributed by atoms with Gasteiger partial charge in [-0.25, -0.2) is 0 Å². The van der Waals surface area contributed by atoms with Gasteiger partial charge in [0.15, 0.2) is 0 Å². The van der Waals surface area contributed by atoms with E-state index in [9.17, 15) is 5.11 Å². The minimum absolute atomic E-state index is 0.194. The smallest absolute Gasteiger partial charge is 0.0900 e. The van der Waals surface area contributed by atoms with E-state index >= 15 is 0 Å². The molecule has 0 saturated heterocycles. The van der Waals surface area contributed by atoms with Crippen LogP contribution < -0.4 is 0 Å². The summed E-state index contributed by atoms with van der Waals surface area (Å²) in [6.45, 7) is 13.6. The minimum atomic E-state index is -0.369. The molecule has 0 radical (unpaired) electrons. The first-order valence-electron chi connectivity index (χ1n) is 5.97. The van der Waals surface area contributed by atoms with E-state index in [1.54, 1.807) is 0 Å². The Bertz CT molecular complexity index is 149. The molecule has 3 heteroatoms. The number of rotatable bonds is 8. The van der Waals surface area contributed by atoms with Gasteiger partial charge in [0.2, 0.25) is 0 Å². The third-order valence-electron chi connectivity index (χ3n) is 2.16. The summed E-state index contributed by atoms with van der Waals surface area (Å²) in [7, 11) is 0. The van der Waals surface area contributed by atoms with Crippen LogP contribution in [0.3, 0.4) is 0 Å². The summed E-state index contributed by atoms with van der Waals surface area (Å²) in [5.74, 6) is 0.642. The lowest BCUT2D eigenvalue weighted by Gasteiger charge is -2.25. The molecule has 0 bridgehead atoms. The normalized spacial score (nSPS) is 14.2. The van der Waals surface area contributed by atoms with Gasteiger partial charge in [0, 0.05) is 13.1 Å². The van der Waals surface area contributed by atoms with Gasteiger partial charge in [0.25, 0.3) is 0 Å². The number of nitrogens with zero attached hydrogens (tertiary/aromatic N) is 1. The molecule has 0 heterocycles. The average Bonchev–Trinajstić information content (AvgIpc) is 2.13. The summed E-state index contributed by atoms with van der Waals surface area (Å²) in [4.78, 5) is 2.26. The molecule has 92 valence electrons. The van der Waals surface area contributed by atoms with Gasteiger partial charge >= 0.3 is 0 Å². The highest BCUT2D eigenvalue weighted by Gasteiger charge is 2.12. The first-order valence-corrected chi connectivity index (χ1v) is 5.97. The zero-order valence-corrected chi connectivity index (χ0v) is 10.9. The highest BCUT2D eigenvalue weighted by atomic mass is 16.5. The van der Waals surface area contributed by atoms with E-state index in [2.05, 4.69) is 25.7 Å². The molecule has 0 spiro atoms. The van der Waals surface area contributed by atoms with Crippen molar-refractivity contribution >= 4 is 0 Å². The summed E-state index contributed by atoms with van der Waals surface area (Å²) in [6.07, 6.45) is -0.175. The van der Waals surface area contributed by atoms with Crippen molar-refractivity contribution in [3.05, 3.63) is 0 Å². The Morgan fingerprint density at radius 2 is 1.73 bits per heavy atom.